The number of carbonyl (C=O) groups is 1. The molecule has 0 aliphatic carbocycles. The van der Waals surface area contributed by atoms with Crippen molar-refractivity contribution in [2.24, 2.45) is 5.73 Å². The molecule has 0 saturated carbocycles. The van der Waals surface area contributed by atoms with Gasteiger partial charge in [-0.3, -0.25) is 4.79 Å². The van der Waals surface area contributed by atoms with Crippen LogP contribution in [0, 0.1) is 5.82 Å². The van der Waals surface area contributed by atoms with E-state index in [0.717, 1.165) is 4.88 Å². The van der Waals surface area contributed by atoms with Gasteiger partial charge in [0.25, 0.3) is 5.91 Å². The summed E-state index contributed by atoms with van der Waals surface area (Å²) >= 11 is 6.98. The van der Waals surface area contributed by atoms with E-state index in [1.165, 1.54) is 31.6 Å². The van der Waals surface area contributed by atoms with Gasteiger partial charge in [-0.25, -0.2) is 9.37 Å². The van der Waals surface area contributed by atoms with Crippen molar-refractivity contribution in [3.05, 3.63) is 33.0 Å². The number of hydrogen-bond donors (Lipinski definition) is 2. The van der Waals surface area contributed by atoms with Crippen LogP contribution in [0.5, 0.6) is 11.5 Å². The molecule has 0 saturated heterocycles. The largest absolute Gasteiger partial charge is 0.493 e. The topological polar surface area (TPSA) is 86.5 Å². The molecule has 9 heteroatoms. The lowest BCUT2D eigenvalue weighted by Crippen LogP contribution is -2.16. The van der Waals surface area contributed by atoms with E-state index >= 15 is 0 Å². The van der Waals surface area contributed by atoms with E-state index in [0.29, 0.717) is 4.47 Å². The standard InChI is InChI=1S/C13H13ClFN3O3S/c1-20-8-3-7(12(16)19)10(9(15)11(8)21-2)17-4-6-5-18-13(14)22-6/h3,5,17H,4H2,1-2H3,(H2,16,19). The Hall–Kier alpha value is -2.06. The monoisotopic (exact) mass is 345 g/mol. The van der Waals surface area contributed by atoms with Crippen LogP contribution in [0.15, 0.2) is 12.3 Å². The van der Waals surface area contributed by atoms with E-state index in [1.54, 1.807) is 6.20 Å². The first kappa shape index (κ1) is 16.3. The fourth-order valence-corrected chi connectivity index (χ4v) is 2.78. The molecule has 2 aromatic rings. The molecule has 1 heterocycles. The van der Waals surface area contributed by atoms with Gasteiger partial charge in [-0.1, -0.05) is 11.6 Å². The van der Waals surface area contributed by atoms with Gasteiger partial charge in [-0.05, 0) is 6.07 Å². The quantitative estimate of drug-likeness (QED) is 0.840. The van der Waals surface area contributed by atoms with E-state index in [2.05, 4.69) is 10.3 Å². The molecule has 0 aliphatic rings. The Labute approximate surface area is 135 Å². The summed E-state index contributed by atoms with van der Waals surface area (Å²) in [5.41, 5.74) is 5.20. The number of aromatic nitrogens is 1. The molecule has 0 atom stereocenters. The molecule has 0 unspecified atom stereocenters. The van der Waals surface area contributed by atoms with Gasteiger partial charge < -0.3 is 20.5 Å². The highest BCUT2D eigenvalue weighted by molar-refractivity contribution is 7.15. The first-order chi connectivity index (χ1) is 10.5. The number of ether oxygens (including phenoxy) is 2. The highest BCUT2D eigenvalue weighted by atomic mass is 35.5. The summed E-state index contributed by atoms with van der Waals surface area (Å²) in [6, 6.07) is 1.33. The smallest absolute Gasteiger partial charge is 0.251 e. The van der Waals surface area contributed by atoms with Crippen LogP contribution in [-0.4, -0.2) is 25.1 Å². The zero-order valence-corrected chi connectivity index (χ0v) is 13.3. The van der Waals surface area contributed by atoms with Crippen molar-refractivity contribution in [2.45, 2.75) is 6.54 Å². The molecule has 1 aromatic heterocycles. The number of nitrogens with two attached hydrogens (primary N) is 1. The molecule has 1 amide bonds. The molecule has 22 heavy (non-hydrogen) atoms. The zero-order valence-electron chi connectivity index (χ0n) is 11.8. The molecule has 1 aromatic carbocycles. The van der Waals surface area contributed by atoms with Crippen LogP contribution in [0.3, 0.4) is 0 Å². The Kier molecular flexibility index (Phi) is 5.04. The minimum Gasteiger partial charge on any atom is -0.493 e. The number of anilines is 1. The highest BCUT2D eigenvalue weighted by Crippen LogP contribution is 2.37. The number of primary amides is 1. The third kappa shape index (κ3) is 3.23. The van der Waals surface area contributed by atoms with Gasteiger partial charge in [0.05, 0.1) is 32.0 Å². The fourth-order valence-electron chi connectivity index (χ4n) is 1.86. The third-order valence-electron chi connectivity index (χ3n) is 2.84. The number of amides is 1. The van der Waals surface area contributed by atoms with Crippen molar-refractivity contribution in [1.82, 2.24) is 4.98 Å². The van der Waals surface area contributed by atoms with E-state index in [9.17, 15) is 9.18 Å². The molecular formula is C13H13ClFN3O3S. The van der Waals surface area contributed by atoms with Gasteiger partial charge in [-0.15, -0.1) is 11.3 Å². The summed E-state index contributed by atoms with van der Waals surface area (Å²) in [5.74, 6) is -1.58. The molecule has 0 fully saturated rings. The predicted molar refractivity (Wildman–Crippen MR) is 82.5 cm³/mol. The van der Waals surface area contributed by atoms with E-state index < -0.39 is 11.7 Å². The zero-order chi connectivity index (χ0) is 16.3. The molecule has 0 bridgehead atoms. The van der Waals surface area contributed by atoms with Crippen LogP contribution < -0.4 is 20.5 Å². The molecule has 6 nitrogen and oxygen atoms in total. The molecule has 3 N–H and O–H groups in total. The van der Waals surface area contributed by atoms with E-state index in [1.807, 2.05) is 0 Å². The minimum atomic E-state index is -0.787. The summed E-state index contributed by atoms with van der Waals surface area (Å²) in [6.07, 6.45) is 1.56. The van der Waals surface area contributed by atoms with Gasteiger partial charge in [0.1, 0.15) is 0 Å². The molecule has 118 valence electrons. The molecular weight excluding hydrogens is 333 g/mol. The van der Waals surface area contributed by atoms with Crippen molar-refractivity contribution in [1.29, 1.82) is 0 Å². The minimum absolute atomic E-state index is 0.0363. The maximum absolute atomic E-state index is 14.5. The van der Waals surface area contributed by atoms with Gasteiger partial charge in [0.15, 0.2) is 21.8 Å². The van der Waals surface area contributed by atoms with Gasteiger partial charge in [0.2, 0.25) is 0 Å². The number of thiazole rings is 1. The molecule has 0 aliphatic heterocycles. The van der Waals surface area contributed by atoms with Crippen molar-refractivity contribution in [3.8, 4) is 11.5 Å². The Morgan fingerprint density at radius 3 is 2.73 bits per heavy atom. The average molecular weight is 346 g/mol. The van der Waals surface area contributed by atoms with Gasteiger partial charge >= 0.3 is 0 Å². The SMILES string of the molecule is COc1cc(C(N)=O)c(NCc2cnc(Cl)s2)c(F)c1OC. The van der Waals surface area contributed by atoms with Crippen molar-refractivity contribution in [2.75, 3.05) is 19.5 Å². The second-order valence-electron chi connectivity index (χ2n) is 4.15. The normalized spacial score (nSPS) is 10.4. The number of methoxy groups -OCH3 is 2. The number of hydrogen-bond acceptors (Lipinski definition) is 6. The lowest BCUT2D eigenvalue weighted by Gasteiger charge is -2.16. The van der Waals surface area contributed by atoms with Crippen LogP contribution in [0.1, 0.15) is 15.2 Å². The number of rotatable bonds is 6. The first-order valence-corrected chi connectivity index (χ1v) is 7.25. The number of carbonyl (C=O) groups excluding carboxylic acids is 1. The number of nitrogens with one attached hydrogen (secondary N) is 1. The second kappa shape index (κ2) is 6.80. The lowest BCUT2D eigenvalue weighted by molar-refractivity contribution is 0.1000. The number of benzene rings is 1. The lowest BCUT2D eigenvalue weighted by atomic mass is 10.1. The fraction of sp³-hybridized carbons (Fsp3) is 0.231. The van der Waals surface area contributed by atoms with Crippen LogP contribution in [-0.2, 0) is 6.54 Å². The van der Waals surface area contributed by atoms with Crippen LogP contribution in [0.25, 0.3) is 0 Å². The highest BCUT2D eigenvalue weighted by Gasteiger charge is 2.22. The number of halogens is 2. The molecule has 0 radical (unpaired) electrons. The Morgan fingerprint density at radius 2 is 2.23 bits per heavy atom. The Morgan fingerprint density at radius 1 is 1.50 bits per heavy atom. The summed E-state index contributed by atoms with van der Waals surface area (Å²) in [4.78, 5) is 16.2. The predicted octanol–water partition coefficient (Wildman–Crippen LogP) is 2.66. The van der Waals surface area contributed by atoms with E-state index in [4.69, 9.17) is 26.8 Å². The number of nitrogens with zero attached hydrogens (tertiary/aromatic N) is 1. The van der Waals surface area contributed by atoms with Crippen molar-refractivity contribution in [3.63, 3.8) is 0 Å². The van der Waals surface area contributed by atoms with Crippen LogP contribution >= 0.6 is 22.9 Å². The van der Waals surface area contributed by atoms with Crippen LogP contribution in [0.2, 0.25) is 4.47 Å². The summed E-state index contributed by atoms with van der Waals surface area (Å²) < 4.78 is 24.9. The van der Waals surface area contributed by atoms with Crippen molar-refractivity contribution >= 4 is 34.5 Å². The van der Waals surface area contributed by atoms with Crippen LogP contribution in [0.4, 0.5) is 10.1 Å². The average Bonchev–Trinajstić information content (AvgIpc) is 2.90. The van der Waals surface area contributed by atoms with E-state index in [-0.39, 0.29) is 29.3 Å². The third-order valence-corrected chi connectivity index (χ3v) is 3.96. The first-order valence-electron chi connectivity index (χ1n) is 6.06. The Balaban J connectivity index is 2.41. The summed E-state index contributed by atoms with van der Waals surface area (Å²) in [5, 5.41) is 2.82. The molecule has 0 spiro atoms. The maximum Gasteiger partial charge on any atom is 0.251 e. The van der Waals surface area contributed by atoms with Gasteiger partial charge in [0, 0.05) is 11.1 Å². The van der Waals surface area contributed by atoms with Crippen molar-refractivity contribution < 1.29 is 18.7 Å². The summed E-state index contributed by atoms with van der Waals surface area (Å²) in [7, 11) is 2.64. The second-order valence-corrected chi connectivity index (χ2v) is 5.84. The maximum atomic E-state index is 14.5. The summed E-state index contributed by atoms with van der Waals surface area (Å²) in [6.45, 7) is 0.233. The molecule has 2 rings (SSSR count). The van der Waals surface area contributed by atoms with Gasteiger partial charge in [-0.2, -0.15) is 0 Å². The Bertz CT molecular complexity index is 708.